The van der Waals surface area contributed by atoms with Crippen molar-refractivity contribution in [2.45, 2.75) is 31.8 Å². The van der Waals surface area contributed by atoms with Gasteiger partial charge in [0.05, 0.1) is 0 Å². The van der Waals surface area contributed by atoms with Gasteiger partial charge >= 0.3 is 0 Å². The quantitative estimate of drug-likeness (QED) is 0.787. The number of rotatable bonds is 1. The fraction of sp³-hybridized carbons (Fsp3) is 0.600. The van der Waals surface area contributed by atoms with E-state index in [-0.39, 0.29) is 0 Å². The van der Waals surface area contributed by atoms with Crippen LogP contribution in [0.2, 0.25) is 0 Å². The summed E-state index contributed by atoms with van der Waals surface area (Å²) in [5.41, 5.74) is 3.07. The van der Waals surface area contributed by atoms with Crippen molar-refractivity contribution in [1.29, 1.82) is 0 Å². The lowest BCUT2D eigenvalue weighted by molar-refractivity contribution is 0.109. The molecule has 0 N–H and O–H groups in total. The molecule has 0 amide bonds. The highest BCUT2D eigenvalue weighted by Crippen LogP contribution is 2.26. The third kappa shape index (κ3) is 2.63. The Morgan fingerprint density at radius 2 is 1.89 bits per heavy atom. The second kappa shape index (κ2) is 5.32. The normalized spacial score (nSPS) is 23.0. The van der Waals surface area contributed by atoms with E-state index in [0.717, 1.165) is 12.6 Å². The number of hydrogen-bond donors (Lipinski definition) is 0. The molecule has 1 fully saturated rings. The van der Waals surface area contributed by atoms with Gasteiger partial charge in [-0.25, -0.2) is 0 Å². The zero-order chi connectivity index (χ0) is 12.5. The van der Waals surface area contributed by atoms with Crippen molar-refractivity contribution in [3.8, 4) is 0 Å². The molecule has 2 nitrogen and oxygen atoms in total. The molecule has 1 aromatic rings. The number of halogens is 1. The molecule has 1 saturated heterocycles. The monoisotopic (exact) mass is 308 g/mol. The maximum Gasteiger partial charge on any atom is 0.0239 e. The zero-order valence-corrected chi connectivity index (χ0v) is 12.6. The van der Waals surface area contributed by atoms with Crippen LogP contribution >= 0.6 is 15.9 Å². The minimum absolute atomic E-state index is 0.799. The molecule has 0 bridgehead atoms. The minimum Gasteiger partial charge on any atom is -0.306 e. The summed E-state index contributed by atoms with van der Waals surface area (Å²) in [4.78, 5) is 5.15. The molecule has 2 aliphatic rings. The van der Waals surface area contributed by atoms with Gasteiger partial charge in [-0.3, -0.25) is 4.90 Å². The minimum atomic E-state index is 0.799. The van der Waals surface area contributed by atoms with E-state index in [1.54, 1.807) is 5.56 Å². The molecule has 2 aliphatic heterocycles. The first kappa shape index (κ1) is 12.6. The Labute approximate surface area is 118 Å². The van der Waals surface area contributed by atoms with Crippen molar-refractivity contribution in [3.05, 3.63) is 33.8 Å². The van der Waals surface area contributed by atoms with Crippen molar-refractivity contribution in [1.82, 2.24) is 9.80 Å². The SMILES string of the molecule is CN1CCC(N2CCc3ccc(Br)cc3C2)CC1. The summed E-state index contributed by atoms with van der Waals surface area (Å²) >= 11 is 3.59. The molecule has 0 spiro atoms. The maximum atomic E-state index is 3.59. The lowest BCUT2D eigenvalue weighted by atomic mass is 9.95. The Balaban J connectivity index is 1.70. The molecule has 3 rings (SSSR count). The highest BCUT2D eigenvalue weighted by Gasteiger charge is 2.26. The molecule has 98 valence electrons. The highest BCUT2D eigenvalue weighted by molar-refractivity contribution is 9.10. The van der Waals surface area contributed by atoms with Crippen molar-refractivity contribution < 1.29 is 0 Å². The number of benzene rings is 1. The van der Waals surface area contributed by atoms with Gasteiger partial charge in [-0.2, -0.15) is 0 Å². The molecular weight excluding hydrogens is 288 g/mol. The Bertz CT molecular complexity index is 425. The lowest BCUT2D eigenvalue weighted by Gasteiger charge is -2.39. The number of piperidine rings is 1. The molecule has 0 atom stereocenters. The second-order valence-electron chi connectivity index (χ2n) is 5.67. The largest absolute Gasteiger partial charge is 0.306 e. The number of hydrogen-bond acceptors (Lipinski definition) is 2. The van der Waals surface area contributed by atoms with Gasteiger partial charge in [-0.05, 0) is 62.7 Å². The highest BCUT2D eigenvalue weighted by atomic mass is 79.9. The van der Waals surface area contributed by atoms with Crippen molar-refractivity contribution in [3.63, 3.8) is 0 Å². The van der Waals surface area contributed by atoms with Gasteiger partial charge in [-0.15, -0.1) is 0 Å². The van der Waals surface area contributed by atoms with Crippen LogP contribution in [-0.2, 0) is 13.0 Å². The molecule has 3 heteroatoms. The van der Waals surface area contributed by atoms with Crippen LogP contribution in [0.15, 0.2) is 22.7 Å². The second-order valence-corrected chi connectivity index (χ2v) is 6.58. The first-order chi connectivity index (χ1) is 8.72. The maximum absolute atomic E-state index is 3.59. The summed E-state index contributed by atoms with van der Waals surface area (Å²) in [7, 11) is 2.23. The molecular formula is C15H21BrN2. The van der Waals surface area contributed by atoms with E-state index >= 15 is 0 Å². The molecule has 18 heavy (non-hydrogen) atoms. The van der Waals surface area contributed by atoms with E-state index in [9.17, 15) is 0 Å². The third-order valence-electron chi connectivity index (χ3n) is 4.41. The Hall–Kier alpha value is -0.380. The van der Waals surface area contributed by atoms with Gasteiger partial charge in [-0.1, -0.05) is 22.0 Å². The van der Waals surface area contributed by atoms with E-state index in [4.69, 9.17) is 0 Å². The predicted molar refractivity (Wildman–Crippen MR) is 78.8 cm³/mol. The third-order valence-corrected chi connectivity index (χ3v) is 4.91. The van der Waals surface area contributed by atoms with Crippen LogP contribution in [0.5, 0.6) is 0 Å². The van der Waals surface area contributed by atoms with Crippen LogP contribution < -0.4 is 0 Å². The lowest BCUT2D eigenvalue weighted by Crippen LogP contribution is -2.45. The first-order valence-electron chi connectivity index (χ1n) is 6.92. The van der Waals surface area contributed by atoms with Crippen LogP contribution in [0.3, 0.4) is 0 Å². The summed E-state index contributed by atoms with van der Waals surface area (Å²) in [6, 6.07) is 7.56. The van der Waals surface area contributed by atoms with Gasteiger partial charge in [0, 0.05) is 23.6 Å². The van der Waals surface area contributed by atoms with Crippen LogP contribution in [0.1, 0.15) is 24.0 Å². The number of nitrogens with zero attached hydrogens (tertiary/aromatic N) is 2. The Morgan fingerprint density at radius 3 is 2.67 bits per heavy atom. The molecule has 1 aromatic carbocycles. The van der Waals surface area contributed by atoms with E-state index in [1.807, 2.05) is 0 Å². The van der Waals surface area contributed by atoms with Gasteiger partial charge < -0.3 is 4.90 Å². The molecule has 0 unspecified atom stereocenters. The van der Waals surface area contributed by atoms with Crippen LogP contribution in [0, 0.1) is 0 Å². The molecule has 2 heterocycles. The van der Waals surface area contributed by atoms with Gasteiger partial charge in [0.2, 0.25) is 0 Å². The van der Waals surface area contributed by atoms with Gasteiger partial charge in [0.25, 0.3) is 0 Å². The summed E-state index contributed by atoms with van der Waals surface area (Å²) in [5.74, 6) is 0. The van der Waals surface area contributed by atoms with E-state index in [2.05, 4.69) is 51.0 Å². The summed E-state index contributed by atoms with van der Waals surface area (Å²) in [6.07, 6.45) is 3.88. The predicted octanol–water partition coefficient (Wildman–Crippen LogP) is 2.90. The standard InChI is InChI=1S/C15H21BrN2/c1-17-7-5-15(6-8-17)18-9-4-12-2-3-14(16)10-13(12)11-18/h2-3,10,15H,4-9,11H2,1H3. The average molecular weight is 309 g/mol. The van der Waals surface area contributed by atoms with Crippen molar-refractivity contribution >= 4 is 15.9 Å². The van der Waals surface area contributed by atoms with Gasteiger partial charge in [0.1, 0.15) is 0 Å². The average Bonchev–Trinajstić information content (AvgIpc) is 2.38. The number of fused-ring (bicyclic) bond motifs is 1. The fourth-order valence-corrected chi connectivity index (χ4v) is 3.63. The summed E-state index contributed by atoms with van der Waals surface area (Å²) in [6.45, 7) is 4.89. The Kier molecular flexibility index (Phi) is 3.73. The fourth-order valence-electron chi connectivity index (χ4n) is 3.22. The topological polar surface area (TPSA) is 6.48 Å². The van der Waals surface area contributed by atoms with E-state index in [0.29, 0.717) is 0 Å². The van der Waals surface area contributed by atoms with Crippen molar-refractivity contribution in [2.75, 3.05) is 26.7 Å². The molecule has 0 saturated carbocycles. The number of likely N-dealkylation sites (tertiary alicyclic amines) is 1. The van der Waals surface area contributed by atoms with Crippen LogP contribution in [0.25, 0.3) is 0 Å². The zero-order valence-electron chi connectivity index (χ0n) is 11.0. The smallest absolute Gasteiger partial charge is 0.0239 e. The van der Waals surface area contributed by atoms with Crippen LogP contribution in [0.4, 0.5) is 0 Å². The summed E-state index contributed by atoms with van der Waals surface area (Å²) < 4.78 is 1.21. The van der Waals surface area contributed by atoms with Crippen LogP contribution in [-0.4, -0.2) is 42.5 Å². The molecule has 0 aliphatic carbocycles. The van der Waals surface area contributed by atoms with Gasteiger partial charge in [0.15, 0.2) is 0 Å². The first-order valence-corrected chi connectivity index (χ1v) is 7.71. The van der Waals surface area contributed by atoms with E-state index < -0.39 is 0 Å². The van der Waals surface area contributed by atoms with E-state index in [1.165, 1.54) is 48.9 Å². The molecule has 0 radical (unpaired) electrons. The van der Waals surface area contributed by atoms with Crippen molar-refractivity contribution in [2.24, 2.45) is 0 Å². The summed E-state index contributed by atoms with van der Waals surface area (Å²) in [5, 5.41) is 0. The molecule has 0 aromatic heterocycles. The Morgan fingerprint density at radius 1 is 1.11 bits per heavy atom.